The quantitative estimate of drug-likeness (QED) is 0.734. The van der Waals surface area contributed by atoms with Gasteiger partial charge in [-0.3, -0.25) is 0 Å². The number of hydrogen-bond acceptors (Lipinski definition) is 4. The molecule has 1 aliphatic heterocycles. The molecule has 0 unspecified atom stereocenters. The van der Waals surface area contributed by atoms with Crippen LogP contribution in [0.3, 0.4) is 0 Å². The molecule has 124 valence electrons. The molecule has 0 atom stereocenters. The third-order valence-electron chi connectivity index (χ3n) is 4.16. The molecule has 1 heterocycles. The second kappa shape index (κ2) is 8.62. The molecule has 1 aromatic rings. The standard InChI is InChI=1S/C16H27N3O2S/c1-2-18-12-14-19(15-13-18)11-7-6-10-17-22(20,21)16-8-4-3-5-9-16/h3-5,8-9,17H,2,6-7,10-15H2,1H3. The topological polar surface area (TPSA) is 52.6 Å². The third kappa shape index (κ3) is 5.35. The lowest BCUT2D eigenvalue weighted by Gasteiger charge is -2.33. The predicted octanol–water partition coefficient (Wildman–Crippen LogP) is 1.38. The maximum atomic E-state index is 12.0. The fourth-order valence-corrected chi connectivity index (χ4v) is 3.77. The Morgan fingerprint density at radius 3 is 2.27 bits per heavy atom. The van der Waals surface area contributed by atoms with E-state index in [0.717, 1.165) is 52.1 Å². The van der Waals surface area contributed by atoms with Gasteiger partial charge in [0, 0.05) is 32.7 Å². The Kier molecular flexibility index (Phi) is 6.82. The van der Waals surface area contributed by atoms with E-state index in [-0.39, 0.29) is 0 Å². The molecule has 1 N–H and O–H groups in total. The van der Waals surface area contributed by atoms with Crippen molar-refractivity contribution >= 4 is 10.0 Å². The van der Waals surface area contributed by atoms with E-state index in [1.54, 1.807) is 24.3 Å². The van der Waals surface area contributed by atoms with Gasteiger partial charge in [-0.15, -0.1) is 0 Å². The Bertz CT molecular complexity index is 526. The van der Waals surface area contributed by atoms with Gasteiger partial charge in [0.05, 0.1) is 4.90 Å². The molecular formula is C16H27N3O2S. The van der Waals surface area contributed by atoms with Gasteiger partial charge in [0.25, 0.3) is 0 Å². The van der Waals surface area contributed by atoms with Crippen LogP contribution in [0.25, 0.3) is 0 Å². The lowest BCUT2D eigenvalue weighted by molar-refractivity contribution is 0.136. The normalized spacial score (nSPS) is 17.7. The molecule has 0 bridgehead atoms. The molecule has 0 spiro atoms. The number of benzene rings is 1. The first-order valence-corrected chi connectivity index (χ1v) is 9.59. The summed E-state index contributed by atoms with van der Waals surface area (Å²) in [5, 5.41) is 0. The van der Waals surface area contributed by atoms with Crippen LogP contribution < -0.4 is 4.72 Å². The maximum absolute atomic E-state index is 12.0. The number of sulfonamides is 1. The van der Waals surface area contributed by atoms with Crippen molar-refractivity contribution in [2.75, 3.05) is 45.8 Å². The first kappa shape index (κ1) is 17.4. The van der Waals surface area contributed by atoms with E-state index >= 15 is 0 Å². The van der Waals surface area contributed by atoms with E-state index in [9.17, 15) is 8.42 Å². The van der Waals surface area contributed by atoms with Crippen LogP contribution in [-0.2, 0) is 10.0 Å². The molecule has 0 saturated carbocycles. The number of nitrogens with one attached hydrogen (secondary N) is 1. The fraction of sp³-hybridized carbons (Fsp3) is 0.625. The number of piperazine rings is 1. The van der Waals surface area contributed by atoms with Gasteiger partial charge in [0.2, 0.25) is 10.0 Å². The van der Waals surface area contributed by atoms with Crippen molar-refractivity contribution in [3.63, 3.8) is 0 Å². The first-order chi connectivity index (χ1) is 10.6. The highest BCUT2D eigenvalue weighted by molar-refractivity contribution is 7.89. The van der Waals surface area contributed by atoms with Gasteiger partial charge in [-0.1, -0.05) is 25.1 Å². The molecule has 0 aromatic heterocycles. The number of likely N-dealkylation sites (N-methyl/N-ethyl adjacent to an activating group) is 1. The molecule has 0 radical (unpaired) electrons. The molecule has 5 nitrogen and oxygen atoms in total. The van der Waals surface area contributed by atoms with Crippen LogP contribution >= 0.6 is 0 Å². The van der Waals surface area contributed by atoms with Crippen molar-refractivity contribution < 1.29 is 8.42 Å². The first-order valence-electron chi connectivity index (χ1n) is 8.11. The summed E-state index contributed by atoms with van der Waals surface area (Å²) in [6.07, 6.45) is 1.91. The summed E-state index contributed by atoms with van der Waals surface area (Å²) in [5.74, 6) is 0. The zero-order chi connectivity index (χ0) is 15.8. The van der Waals surface area contributed by atoms with Crippen molar-refractivity contribution in [2.45, 2.75) is 24.7 Å². The molecule has 22 heavy (non-hydrogen) atoms. The van der Waals surface area contributed by atoms with Gasteiger partial charge in [0.1, 0.15) is 0 Å². The highest BCUT2D eigenvalue weighted by atomic mass is 32.2. The molecule has 1 fully saturated rings. The van der Waals surface area contributed by atoms with Crippen LogP contribution in [-0.4, -0.2) is 64.0 Å². The summed E-state index contributed by atoms with van der Waals surface area (Å²) in [4.78, 5) is 5.27. The molecule has 2 rings (SSSR count). The second-order valence-electron chi connectivity index (χ2n) is 5.69. The van der Waals surface area contributed by atoms with Crippen LogP contribution in [0, 0.1) is 0 Å². The highest BCUT2D eigenvalue weighted by Crippen LogP contribution is 2.07. The SMILES string of the molecule is CCN1CCN(CCCCNS(=O)(=O)c2ccccc2)CC1. The van der Waals surface area contributed by atoms with Gasteiger partial charge >= 0.3 is 0 Å². The Morgan fingerprint density at radius 2 is 1.64 bits per heavy atom. The zero-order valence-electron chi connectivity index (χ0n) is 13.4. The molecule has 1 aliphatic rings. The highest BCUT2D eigenvalue weighted by Gasteiger charge is 2.15. The van der Waals surface area contributed by atoms with Crippen LogP contribution in [0.5, 0.6) is 0 Å². The average Bonchev–Trinajstić information content (AvgIpc) is 2.56. The summed E-state index contributed by atoms with van der Waals surface area (Å²) in [5.41, 5.74) is 0. The monoisotopic (exact) mass is 325 g/mol. The summed E-state index contributed by atoms with van der Waals surface area (Å²) in [7, 11) is -3.35. The van der Waals surface area contributed by atoms with Crippen LogP contribution in [0.2, 0.25) is 0 Å². The Balaban J connectivity index is 1.62. The van der Waals surface area contributed by atoms with E-state index in [1.165, 1.54) is 0 Å². The number of hydrogen-bond donors (Lipinski definition) is 1. The van der Waals surface area contributed by atoms with Crippen LogP contribution in [0.4, 0.5) is 0 Å². The van der Waals surface area contributed by atoms with Gasteiger partial charge < -0.3 is 9.80 Å². The smallest absolute Gasteiger partial charge is 0.240 e. The largest absolute Gasteiger partial charge is 0.301 e. The van der Waals surface area contributed by atoms with Gasteiger partial charge in [-0.25, -0.2) is 13.1 Å². The molecule has 1 aromatic carbocycles. The fourth-order valence-electron chi connectivity index (χ4n) is 2.68. The molecular weight excluding hydrogens is 298 g/mol. The molecule has 1 saturated heterocycles. The predicted molar refractivity (Wildman–Crippen MR) is 89.4 cm³/mol. The van der Waals surface area contributed by atoms with E-state index in [0.29, 0.717) is 11.4 Å². The summed E-state index contributed by atoms with van der Waals surface area (Å²) in [6.45, 7) is 9.46. The number of unbranched alkanes of at least 4 members (excludes halogenated alkanes) is 1. The maximum Gasteiger partial charge on any atom is 0.240 e. The number of rotatable bonds is 8. The van der Waals surface area contributed by atoms with Gasteiger partial charge in [-0.05, 0) is 38.1 Å². The van der Waals surface area contributed by atoms with E-state index in [1.807, 2.05) is 6.07 Å². The van der Waals surface area contributed by atoms with E-state index in [2.05, 4.69) is 21.4 Å². The van der Waals surface area contributed by atoms with Crippen molar-refractivity contribution in [3.8, 4) is 0 Å². The van der Waals surface area contributed by atoms with E-state index in [4.69, 9.17) is 0 Å². The van der Waals surface area contributed by atoms with Crippen LogP contribution in [0.15, 0.2) is 35.2 Å². The lowest BCUT2D eigenvalue weighted by Crippen LogP contribution is -2.46. The van der Waals surface area contributed by atoms with Crippen LogP contribution in [0.1, 0.15) is 19.8 Å². The summed E-state index contributed by atoms with van der Waals surface area (Å²) < 4.78 is 26.8. The number of nitrogens with zero attached hydrogens (tertiary/aromatic N) is 2. The Morgan fingerprint density at radius 1 is 1.00 bits per heavy atom. The average molecular weight is 325 g/mol. The molecule has 0 amide bonds. The van der Waals surface area contributed by atoms with Crippen molar-refractivity contribution in [1.29, 1.82) is 0 Å². The molecule has 0 aliphatic carbocycles. The van der Waals surface area contributed by atoms with E-state index < -0.39 is 10.0 Å². The zero-order valence-corrected chi connectivity index (χ0v) is 14.2. The lowest BCUT2D eigenvalue weighted by atomic mass is 10.2. The van der Waals surface area contributed by atoms with Gasteiger partial charge in [-0.2, -0.15) is 0 Å². The van der Waals surface area contributed by atoms with Gasteiger partial charge in [0.15, 0.2) is 0 Å². The minimum atomic E-state index is -3.35. The van der Waals surface area contributed by atoms with Crippen molar-refractivity contribution in [1.82, 2.24) is 14.5 Å². The third-order valence-corrected chi connectivity index (χ3v) is 5.64. The second-order valence-corrected chi connectivity index (χ2v) is 7.46. The minimum absolute atomic E-state index is 0.339. The van der Waals surface area contributed by atoms with Crippen molar-refractivity contribution in [2.24, 2.45) is 0 Å². The molecule has 6 heteroatoms. The Labute approximate surface area is 134 Å². The minimum Gasteiger partial charge on any atom is -0.301 e. The summed E-state index contributed by atoms with van der Waals surface area (Å²) >= 11 is 0. The Hall–Kier alpha value is -0.950. The van der Waals surface area contributed by atoms with Crippen molar-refractivity contribution in [3.05, 3.63) is 30.3 Å². The summed E-state index contributed by atoms with van der Waals surface area (Å²) in [6, 6.07) is 8.54.